The molecule has 0 bridgehead atoms. The monoisotopic (exact) mass is 187 g/mol. The van der Waals surface area contributed by atoms with Crippen LogP contribution in [-0.4, -0.2) is 33.4 Å². The zero-order valence-electron chi connectivity index (χ0n) is 8.37. The predicted molar refractivity (Wildman–Crippen MR) is 47.5 cm³/mol. The van der Waals surface area contributed by atoms with Crippen LogP contribution >= 0.6 is 0 Å². The molecule has 1 aliphatic rings. The second kappa shape index (κ2) is 2.96. The molecular weight excluding hydrogens is 170 g/mol. The Hall–Kier alpha value is -0.610. The summed E-state index contributed by atoms with van der Waals surface area (Å²) in [5.74, 6) is -0.931. The molecule has 1 saturated heterocycles. The molecule has 4 heteroatoms. The molecule has 0 aromatic rings. The number of carbonyl (C=O) groups is 1. The molecule has 0 amide bonds. The highest BCUT2D eigenvalue weighted by Crippen LogP contribution is 2.42. The van der Waals surface area contributed by atoms with Gasteiger partial charge in [-0.1, -0.05) is 20.8 Å². The van der Waals surface area contributed by atoms with Gasteiger partial charge in [-0.05, 0) is 18.3 Å². The Morgan fingerprint density at radius 2 is 2.00 bits per heavy atom. The first kappa shape index (κ1) is 10.5. The summed E-state index contributed by atoms with van der Waals surface area (Å²) in [6.07, 6.45) is 1.25. The summed E-state index contributed by atoms with van der Waals surface area (Å²) >= 11 is 0. The van der Waals surface area contributed by atoms with Crippen molar-refractivity contribution in [3.8, 4) is 0 Å². The van der Waals surface area contributed by atoms with Crippen LogP contribution in [0.2, 0.25) is 0 Å². The number of nitrogens with zero attached hydrogens (tertiary/aromatic N) is 1. The first-order valence-electron chi connectivity index (χ1n) is 4.52. The molecule has 0 aliphatic carbocycles. The molecule has 13 heavy (non-hydrogen) atoms. The highest BCUT2D eigenvalue weighted by molar-refractivity contribution is 5.80. The van der Waals surface area contributed by atoms with E-state index < -0.39 is 16.9 Å². The van der Waals surface area contributed by atoms with Gasteiger partial charge in [0.2, 0.25) is 0 Å². The maximum absolute atomic E-state index is 11.2. The average Bonchev–Trinajstić information content (AvgIpc) is 2.29. The van der Waals surface area contributed by atoms with E-state index in [1.165, 1.54) is 0 Å². The molecule has 1 heterocycles. The first-order chi connectivity index (χ1) is 5.82. The fraction of sp³-hybridized carbons (Fsp3) is 0.889. The van der Waals surface area contributed by atoms with Crippen molar-refractivity contribution in [2.24, 2.45) is 5.41 Å². The zero-order valence-corrected chi connectivity index (χ0v) is 8.37. The van der Waals surface area contributed by atoms with Crippen LogP contribution in [0.4, 0.5) is 0 Å². The van der Waals surface area contributed by atoms with Crippen LogP contribution in [0.3, 0.4) is 0 Å². The molecule has 1 fully saturated rings. The van der Waals surface area contributed by atoms with Crippen molar-refractivity contribution >= 4 is 5.97 Å². The Morgan fingerprint density at radius 3 is 2.15 bits per heavy atom. The molecule has 0 saturated carbocycles. The molecule has 76 valence electrons. The minimum absolute atomic E-state index is 0.448. The van der Waals surface area contributed by atoms with E-state index in [9.17, 15) is 10.0 Å². The van der Waals surface area contributed by atoms with Crippen molar-refractivity contribution in [3.05, 3.63) is 0 Å². The third-order valence-corrected chi connectivity index (χ3v) is 2.94. The maximum atomic E-state index is 11.2. The Kier molecular flexibility index (Phi) is 2.38. The fourth-order valence-electron chi connectivity index (χ4n) is 2.10. The SMILES string of the molecule is CC(C)(C)C1(C(=O)O)CCCN1O. The van der Waals surface area contributed by atoms with Crippen LogP contribution in [0.1, 0.15) is 33.6 Å². The van der Waals surface area contributed by atoms with Crippen molar-refractivity contribution in [1.29, 1.82) is 0 Å². The fourth-order valence-corrected chi connectivity index (χ4v) is 2.10. The largest absolute Gasteiger partial charge is 0.480 e. The van der Waals surface area contributed by atoms with Crippen LogP contribution in [0, 0.1) is 5.41 Å². The second-order valence-electron chi connectivity index (χ2n) is 4.64. The van der Waals surface area contributed by atoms with E-state index in [0.717, 1.165) is 11.5 Å². The Balaban J connectivity index is 3.08. The van der Waals surface area contributed by atoms with E-state index in [1.807, 2.05) is 20.8 Å². The van der Waals surface area contributed by atoms with E-state index in [0.29, 0.717) is 13.0 Å². The molecular formula is C9H17NO3. The van der Waals surface area contributed by atoms with Crippen molar-refractivity contribution in [2.45, 2.75) is 39.2 Å². The number of carboxylic acid groups (broad SMARTS) is 1. The third-order valence-electron chi connectivity index (χ3n) is 2.94. The van der Waals surface area contributed by atoms with Crippen molar-refractivity contribution in [1.82, 2.24) is 5.06 Å². The highest BCUT2D eigenvalue weighted by atomic mass is 16.5. The number of hydroxylamine groups is 2. The van der Waals surface area contributed by atoms with Gasteiger partial charge in [0.25, 0.3) is 0 Å². The van der Waals surface area contributed by atoms with Crippen LogP contribution in [0.25, 0.3) is 0 Å². The number of hydrogen-bond donors (Lipinski definition) is 2. The van der Waals surface area contributed by atoms with E-state index >= 15 is 0 Å². The molecule has 4 nitrogen and oxygen atoms in total. The minimum Gasteiger partial charge on any atom is -0.480 e. The summed E-state index contributed by atoms with van der Waals surface area (Å²) in [7, 11) is 0. The number of hydrogen-bond acceptors (Lipinski definition) is 3. The molecule has 0 aromatic carbocycles. The summed E-state index contributed by atoms with van der Waals surface area (Å²) in [6, 6.07) is 0. The van der Waals surface area contributed by atoms with Gasteiger partial charge in [-0.3, -0.25) is 4.79 Å². The van der Waals surface area contributed by atoms with Gasteiger partial charge in [-0.2, -0.15) is 5.06 Å². The standard InChI is InChI=1S/C9H17NO3/c1-8(2,3)9(7(11)12)5-4-6-10(9)13/h13H,4-6H2,1-3H3,(H,11,12). The Bertz CT molecular complexity index is 221. The van der Waals surface area contributed by atoms with Gasteiger partial charge in [0.05, 0.1) is 0 Å². The van der Waals surface area contributed by atoms with Crippen molar-refractivity contribution in [3.63, 3.8) is 0 Å². The normalized spacial score (nSPS) is 30.8. The lowest BCUT2D eigenvalue weighted by Gasteiger charge is -2.41. The first-order valence-corrected chi connectivity index (χ1v) is 4.52. The van der Waals surface area contributed by atoms with Crippen molar-refractivity contribution < 1.29 is 15.1 Å². The lowest BCUT2D eigenvalue weighted by molar-refractivity contribution is -0.205. The van der Waals surface area contributed by atoms with Gasteiger partial charge >= 0.3 is 5.97 Å². The lowest BCUT2D eigenvalue weighted by Crippen LogP contribution is -2.57. The van der Waals surface area contributed by atoms with Gasteiger partial charge < -0.3 is 10.3 Å². The molecule has 0 aromatic heterocycles. The molecule has 1 atom stereocenters. The van der Waals surface area contributed by atoms with Gasteiger partial charge in [0, 0.05) is 6.54 Å². The molecule has 2 N–H and O–H groups in total. The van der Waals surface area contributed by atoms with Crippen LogP contribution in [0.15, 0.2) is 0 Å². The summed E-state index contributed by atoms with van der Waals surface area (Å²) in [5.41, 5.74) is -1.56. The topological polar surface area (TPSA) is 60.8 Å². The molecule has 1 rings (SSSR count). The van der Waals surface area contributed by atoms with E-state index in [2.05, 4.69) is 0 Å². The van der Waals surface area contributed by atoms with Gasteiger partial charge in [0.1, 0.15) is 5.54 Å². The Morgan fingerprint density at radius 1 is 1.46 bits per heavy atom. The number of rotatable bonds is 1. The molecule has 0 spiro atoms. The summed E-state index contributed by atoms with van der Waals surface area (Å²) in [5, 5.41) is 19.7. The minimum atomic E-state index is -1.10. The summed E-state index contributed by atoms with van der Waals surface area (Å²) in [4.78, 5) is 11.2. The lowest BCUT2D eigenvalue weighted by atomic mass is 9.72. The quantitative estimate of drug-likeness (QED) is 0.650. The van der Waals surface area contributed by atoms with Crippen molar-refractivity contribution in [2.75, 3.05) is 6.54 Å². The summed E-state index contributed by atoms with van der Waals surface area (Å²) in [6.45, 7) is 5.98. The van der Waals surface area contributed by atoms with Crippen LogP contribution in [-0.2, 0) is 4.79 Å². The molecule has 1 unspecified atom stereocenters. The molecule has 0 radical (unpaired) electrons. The predicted octanol–water partition coefficient (Wildman–Crippen LogP) is 1.34. The number of carboxylic acids is 1. The van der Waals surface area contributed by atoms with Crippen LogP contribution < -0.4 is 0 Å². The summed E-state index contributed by atoms with van der Waals surface area (Å²) < 4.78 is 0. The van der Waals surface area contributed by atoms with Crippen LogP contribution in [0.5, 0.6) is 0 Å². The molecule has 1 aliphatic heterocycles. The Labute approximate surface area is 78.1 Å². The van der Waals surface area contributed by atoms with Gasteiger partial charge in [-0.15, -0.1) is 0 Å². The highest BCUT2D eigenvalue weighted by Gasteiger charge is 2.55. The number of aliphatic carboxylic acids is 1. The van der Waals surface area contributed by atoms with E-state index in [4.69, 9.17) is 5.11 Å². The second-order valence-corrected chi connectivity index (χ2v) is 4.64. The average molecular weight is 187 g/mol. The van der Waals surface area contributed by atoms with E-state index in [-0.39, 0.29) is 0 Å². The van der Waals surface area contributed by atoms with E-state index in [1.54, 1.807) is 0 Å². The zero-order chi connectivity index (χ0) is 10.3. The maximum Gasteiger partial charge on any atom is 0.327 e. The van der Waals surface area contributed by atoms with Gasteiger partial charge in [0.15, 0.2) is 0 Å². The smallest absolute Gasteiger partial charge is 0.327 e. The van der Waals surface area contributed by atoms with Gasteiger partial charge in [-0.25, -0.2) is 0 Å². The third kappa shape index (κ3) is 1.34.